The first-order valence-electron chi connectivity index (χ1n) is 6.74. The molecule has 3 rings (SSSR count). The summed E-state index contributed by atoms with van der Waals surface area (Å²) in [4.78, 5) is 18.4. The van der Waals surface area contributed by atoms with Crippen LogP contribution >= 0.6 is 0 Å². The summed E-state index contributed by atoms with van der Waals surface area (Å²) in [6, 6.07) is 1.09. The lowest BCUT2D eigenvalue weighted by atomic mass is 9.96. The maximum absolute atomic E-state index is 11.8. The van der Waals surface area contributed by atoms with Gasteiger partial charge in [0.15, 0.2) is 0 Å². The number of rotatable bonds is 2. The van der Waals surface area contributed by atoms with Crippen LogP contribution in [0.3, 0.4) is 0 Å². The average molecular weight is 294 g/mol. The number of hydrogen-bond donors (Lipinski definition) is 5. The van der Waals surface area contributed by atoms with Crippen molar-refractivity contribution < 1.29 is 15.3 Å². The van der Waals surface area contributed by atoms with Crippen LogP contribution in [-0.2, 0) is 0 Å². The van der Waals surface area contributed by atoms with Crippen molar-refractivity contribution in [3.05, 3.63) is 22.6 Å². The maximum atomic E-state index is 11.8. The molecule has 0 spiro atoms. The molecule has 0 unspecified atom stereocenters. The van der Waals surface area contributed by atoms with Crippen molar-refractivity contribution in [2.45, 2.75) is 31.1 Å². The fraction of sp³-hybridized carbons (Fsp3) is 0.538. The smallest absolute Gasteiger partial charge is 0.261 e. The van der Waals surface area contributed by atoms with Crippen LogP contribution < -0.4 is 11.3 Å². The van der Waals surface area contributed by atoms with Crippen LogP contribution in [0.1, 0.15) is 19.4 Å². The van der Waals surface area contributed by atoms with E-state index in [9.17, 15) is 20.1 Å². The van der Waals surface area contributed by atoms with Crippen molar-refractivity contribution in [3.8, 4) is 0 Å². The minimum absolute atomic E-state index is 0.00986. The summed E-state index contributed by atoms with van der Waals surface area (Å²) in [6.45, 7) is 1.30. The second-order valence-corrected chi connectivity index (χ2v) is 5.78. The average Bonchev–Trinajstić information content (AvgIpc) is 2.91. The number of nitrogens with zero attached hydrogens (tertiary/aromatic N) is 2. The minimum atomic E-state index is -1.43. The van der Waals surface area contributed by atoms with Crippen LogP contribution in [0.2, 0.25) is 0 Å². The van der Waals surface area contributed by atoms with Crippen LogP contribution in [0, 0.1) is 5.92 Å². The Labute approximate surface area is 119 Å². The first kappa shape index (κ1) is 14.1. The third kappa shape index (κ3) is 1.95. The van der Waals surface area contributed by atoms with E-state index in [0.29, 0.717) is 17.5 Å². The van der Waals surface area contributed by atoms with Gasteiger partial charge < -0.3 is 25.6 Å². The lowest BCUT2D eigenvalue weighted by Gasteiger charge is -2.30. The van der Waals surface area contributed by atoms with E-state index in [1.54, 1.807) is 16.8 Å². The Balaban J connectivity index is 2.15. The fourth-order valence-electron chi connectivity index (χ4n) is 3.21. The van der Waals surface area contributed by atoms with Gasteiger partial charge in [0.25, 0.3) is 5.56 Å². The normalized spacial score (nSPS) is 32.9. The molecule has 4 atom stereocenters. The molecule has 0 aromatic carbocycles. The fourth-order valence-corrected chi connectivity index (χ4v) is 3.21. The molecule has 2 aromatic heterocycles. The van der Waals surface area contributed by atoms with Crippen LogP contribution in [-0.4, -0.2) is 48.2 Å². The molecule has 0 bridgehead atoms. The molecule has 114 valence electrons. The number of H-pyrrole nitrogens is 1. The van der Waals surface area contributed by atoms with E-state index in [2.05, 4.69) is 9.97 Å². The van der Waals surface area contributed by atoms with E-state index in [-0.39, 0.29) is 18.1 Å². The SMILES string of the molecule is C[C@@]1(O)[C@H](O)[C@@H](CO)C[C@H]1n1ccc2c(=O)[nH]c(N)nc21. The van der Waals surface area contributed by atoms with E-state index < -0.39 is 23.7 Å². The summed E-state index contributed by atoms with van der Waals surface area (Å²) < 4.78 is 1.64. The van der Waals surface area contributed by atoms with Crippen molar-refractivity contribution >= 4 is 17.0 Å². The number of anilines is 1. The van der Waals surface area contributed by atoms with E-state index in [1.807, 2.05) is 0 Å². The first-order chi connectivity index (χ1) is 9.86. The Morgan fingerprint density at radius 1 is 1.62 bits per heavy atom. The molecule has 2 aromatic rings. The summed E-state index contributed by atoms with van der Waals surface area (Å²) in [7, 11) is 0. The molecular formula is C13H18N4O4. The lowest BCUT2D eigenvalue weighted by molar-refractivity contribution is -0.0776. The second kappa shape index (κ2) is 4.55. The number of aliphatic hydroxyl groups excluding tert-OH is 2. The molecule has 0 radical (unpaired) electrons. The molecule has 1 aliphatic rings. The van der Waals surface area contributed by atoms with Gasteiger partial charge in [0.2, 0.25) is 5.95 Å². The molecule has 8 nitrogen and oxygen atoms in total. The molecule has 2 heterocycles. The number of aromatic amines is 1. The molecule has 1 saturated carbocycles. The predicted molar refractivity (Wildman–Crippen MR) is 75.6 cm³/mol. The lowest BCUT2D eigenvalue weighted by Crippen LogP contribution is -2.42. The molecular weight excluding hydrogens is 276 g/mol. The number of nitrogen functional groups attached to an aromatic ring is 1. The highest BCUT2D eigenvalue weighted by Gasteiger charge is 2.51. The van der Waals surface area contributed by atoms with Crippen LogP contribution in [0.4, 0.5) is 5.95 Å². The van der Waals surface area contributed by atoms with Gasteiger partial charge in [0.1, 0.15) is 11.2 Å². The zero-order valence-electron chi connectivity index (χ0n) is 11.5. The topological polar surface area (TPSA) is 137 Å². The number of nitrogens with two attached hydrogens (primary N) is 1. The monoisotopic (exact) mass is 294 g/mol. The summed E-state index contributed by atoms with van der Waals surface area (Å²) in [5.74, 6) is -0.439. The third-order valence-electron chi connectivity index (χ3n) is 4.42. The van der Waals surface area contributed by atoms with Crippen molar-refractivity contribution in [1.29, 1.82) is 0 Å². The summed E-state index contributed by atoms with van der Waals surface area (Å²) >= 11 is 0. The van der Waals surface area contributed by atoms with E-state index in [1.165, 1.54) is 6.92 Å². The Bertz CT molecular complexity index is 735. The van der Waals surface area contributed by atoms with Gasteiger partial charge in [-0.1, -0.05) is 0 Å². The first-order valence-corrected chi connectivity index (χ1v) is 6.74. The Morgan fingerprint density at radius 3 is 2.95 bits per heavy atom. The Kier molecular flexibility index (Phi) is 3.05. The van der Waals surface area contributed by atoms with Gasteiger partial charge >= 0.3 is 0 Å². The van der Waals surface area contributed by atoms with Gasteiger partial charge in [-0.05, 0) is 19.4 Å². The highest BCUT2D eigenvalue weighted by atomic mass is 16.3. The number of fused-ring (bicyclic) bond motifs is 1. The van der Waals surface area contributed by atoms with Gasteiger partial charge in [-0.2, -0.15) is 4.98 Å². The number of nitrogens with one attached hydrogen (secondary N) is 1. The van der Waals surface area contributed by atoms with Gasteiger partial charge in [-0.15, -0.1) is 0 Å². The van der Waals surface area contributed by atoms with Crippen LogP contribution in [0.15, 0.2) is 17.1 Å². The third-order valence-corrected chi connectivity index (χ3v) is 4.42. The van der Waals surface area contributed by atoms with Gasteiger partial charge in [-0.3, -0.25) is 9.78 Å². The Hall–Kier alpha value is -1.90. The van der Waals surface area contributed by atoms with Crippen LogP contribution in [0.25, 0.3) is 11.0 Å². The minimum Gasteiger partial charge on any atom is -0.396 e. The molecule has 8 heteroatoms. The molecule has 0 aliphatic heterocycles. The van der Waals surface area contributed by atoms with Crippen molar-refractivity contribution in [3.63, 3.8) is 0 Å². The Morgan fingerprint density at radius 2 is 2.33 bits per heavy atom. The summed E-state index contributed by atoms with van der Waals surface area (Å²) in [5.41, 5.74) is 4.14. The van der Waals surface area contributed by atoms with Crippen molar-refractivity contribution in [2.24, 2.45) is 5.92 Å². The van der Waals surface area contributed by atoms with Gasteiger partial charge in [0.05, 0.1) is 17.5 Å². The second-order valence-electron chi connectivity index (χ2n) is 5.78. The summed E-state index contributed by atoms with van der Waals surface area (Å²) in [6.07, 6.45) is 0.963. The zero-order valence-corrected chi connectivity index (χ0v) is 11.5. The van der Waals surface area contributed by atoms with Gasteiger partial charge in [0, 0.05) is 18.7 Å². The van der Waals surface area contributed by atoms with E-state index in [4.69, 9.17) is 5.73 Å². The van der Waals surface area contributed by atoms with Crippen molar-refractivity contribution in [1.82, 2.24) is 14.5 Å². The molecule has 6 N–H and O–H groups in total. The molecule has 21 heavy (non-hydrogen) atoms. The molecule has 0 saturated heterocycles. The van der Waals surface area contributed by atoms with Gasteiger partial charge in [-0.25, -0.2) is 0 Å². The number of aliphatic hydroxyl groups is 3. The van der Waals surface area contributed by atoms with Crippen molar-refractivity contribution in [2.75, 3.05) is 12.3 Å². The highest BCUT2D eigenvalue weighted by molar-refractivity contribution is 5.76. The highest BCUT2D eigenvalue weighted by Crippen LogP contribution is 2.43. The quantitative estimate of drug-likeness (QED) is 0.480. The molecule has 1 fully saturated rings. The molecule has 1 aliphatic carbocycles. The molecule has 0 amide bonds. The van der Waals surface area contributed by atoms with E-state index >= 15 is 0 Å². The predicted octanol–water partition coefficient (Wildman–Crippen LogP) is -1.03. The van der Waals surface area contributed by atoms with Crippen LogP contribution in [0.5, 0.6) is 0 Å². The largest absolute Gasteiger partial charge is 0.396 e. The number of aromatic nitrogens is 3. The zero-order chi connectivity index (χ0) is 15.4. The standard InChI is InChI=1S/C13H18N4O4/c1-13(21)8(4-6(5-18)9(13)19)17-3-2-7-10(17)15-12(14)16-11(7)20/h2-3,6,8-9,18-19,21H,4-5H2,1H3,(H3,14,15,16,20)/t6-,8-,9-,13+/m1/s1. The van der Waals surface area contributed by atoms with E-state index in [0.717, 1.165) is 0 Å². The number of hydrogen-bond acceptors (Lipinski definition) is 6. The maximum Gasteiger partial charge on any atom is 0.261 e. The summed E-state index contributed by atoms with van der Waals surface area (Å²) in [5, 5.41) is 30.4.